The third-order valence-corrected chi connectivity index (χ3v) is 3.47. The normalized spacial score (nSPS) is 10.9. The predicted octanol–water partition coefficient (Wildman–Crippen LogP) is 6.22. The summed E-state index contributed by atoms with van der Waals surface area (Å²) in [6.45, 7) is 22.5. The molecule has 0 aliphatic carbocycles. The van der Waals surface area contributed by atoms with Crippen molar-refractivity contribution in [3.8, 4) is 5.88 Å². The molecule has 5 heteroatoms. The molecule has 5 nitrogen and oxygen atoms in total. The molecule has 0 aliphatic heterocycles. The molecule has 28 heavy (non-hydrogen) atoms. The Kier molecular flexibility index (Phi) is 14.1. The first-order valence-electron chi connectivity index (χ1n) is 10.2. The second-order valence-corrected chi connectivity index (χ2v) is 6.03. The molecule has 156 valence electrons. The summed E-state index contributed by atoms with van der Waals surface area (Å²) in [6.07, 6.45) is 7.52. The lowest BCUT2D eigenvalue weighted by molar-refractivity contribution is 0.327. The van der Waals surface area contributed by atoms with Crippen molar-refractivity contribution in [2.45, 2.75) is 54.4 Å². The summed E-state index contributed by atoms with van der Waals surface area (Å²) in [6, 6.07) is 3.99. The van der Waals surface area contributed by atoms with Crippen molar-refractivity contribution in [3.05, 3.63) is 48.6 Å². The van der Waals surface area contributed by atoms with Crippen molar-refractivity contribution in [1.29, 1.82) is 0 Å². The number of hydrogen-bond acceptors (Lipinski definition) is 5. The highest BCUT2D eigenvalue weighted by Crippen LogP contribution is 2.24. The first-order valence-corrected chi connectivity index (χ1v) is 10.2. The van der Waals surface area contributed by atoms with E-state index in [1.54, 1.807) is 12.3 Å². The van der Waals surface area contributed by atoms with Crippen molar-refractivity contribution in [1.82, 2.24) is 4.98 Å². The third kappa shape index (κ3) is 9.95. The number of hydrazone groups is 1. The number of nitrogens with one attached hydrogen (secondary N) is 1. The van der Waals surface area contributed by atoms with Gasteiger partial charge in [0.25, 0.3) is 0 Å². The second kappa shape index (κ2) is 15.5. The molecule has 1 N–H and O–H groups in total. The average Bonchev–Trinajstić information content (AvgIpc) is 2.68. The van der Waals surface area contributed by atoms with Crippen molar-refractivity contribution >= 4 is 17.7 Å². The fourth-order valence-corrected chi connectivity index (χ4v) is 2.47. The molecule has 1 aromatic heterocycles. The Balaban J connectivity index is 0.00000352. The molecular weight excluding hydrogens is 348 g/mol. The number of aromatic nitrogens is 1. The van der Waals surface area contributed by atoms with Crippen LogP contribution >= 0.6 is 0 Å². The van der Waals surface area contributed by atoms with E-state index >= 15 is 0 Å². The van der Waals surface area contributed by atoms with Crippen molar-refractivity contribution < 1.29 is 4.74 Å². The average molecular weight is 387 g/mol. The summed E-state index contributed by atoms with van der Waals surface area (Å²) in [5.74, 6) is 1.25. The maximum atomic E-state index is 5.63. The highest BCUT2D eigenvalue weighted by Gasteiger charge is 2.09. The SMILES string of the molecule is C=CC(/C=N/Nc1cc(N(CCC)CCC)cc(OCC)n1)=C\C(=C)C.CC. The van der Waals surface area contributed by atoms with Gasteiger partial charge >= 0.3 is 0 Å². The number of rotatable bonds is 12. The van der Waals surface area contributed by atoms with E-state index in [0.29, 0.717) is 18.3 Å². The summed E-state index contributed by atoms with van der Waals surface area (Å²) in [4.78, 5) is 6.82. The standard InChI is InChI=1S/C21H32N4O.C2H6/c1-7-11-25(12-8-2)19-14-20(23-21(15-19)26-10-4)24-22-16-18(9-3)13-17(5)6;1-2/h9,13-16H,3,5,7-8,10-12H2,1-2,4,6H3,(H,23,24);1-2H3/b18-13+,22-16+;. The Morgan fingerprint density at radius 2 is 1.86 bits per heavy atom. The van der Waals surface area contributed by atoms with E-state index in [0.717, 1.165) is 42.8 Å². The monoisotopic (exact) mass is 386 g/mol. The fourth-order valence-electron chi connectivity index (χ4n) is 2.47. The quantitative estimate of drug-likeness (QED) is 0.263. The molecule has 0 unspecified atom stereocenters. The Morgan fingerprint density at radius 1 is 1.21 bits per heavy atom. The summed E-state index contributed by atoms with van der Waals surface area (Å²) < 4.78 is 5.63. The van der Waals surface area contributed by atoms with E-state index in [1.807, 2.05) is 45.9 Å². The van der Waals surface area contributed by atoms with Crippen LogP contribution in [0.5, 0.6) is 5.88 Å². The molecular formula is C23H38N4O. The zero-order valence-electron chi connectivity index (χ0n) is 18.6. The van der Waals surface area contributed by atoms with Crippen LogP contribution in [0, 0.1) is 0 Å². The number of hydrogen-bond donors (Lipinski definition) is 1. The zero-order valence-corrected chi connectivity index (χ0v) is 18.6. The first kappa shape index (κ1) is 25.4. The van der Waals surface area contributed by atoms with Gasteiger partial charge in [-0.15, -0.1) is 0 Å². The molecule has 0 fully saturated rings. The predicted molar refractivity (Wildman–Crippen MR) is 125 cm³/mol. The highest BCUT2D eigenvalue weighted by molar-refractivity contribution is 5.83. The molecule has 0 spiro atoms. The van der Waals surface area contributed by atoms with Crippen LogP contribution in [0.1, 0.15) is 54.4 Å². The maximum absolute atomic E-state index is 5.63. The largest absolute Gasteiger partial charge is 0.478 e. The molecule has 0 aromatic carbocycles. The van der Waals surface area contributed by atoms with Gasteiger partial charge in [0, 0.05) is 30.9 Å². The van der Waals surface area contributed by atoms with Crippen molar-refractivity contribution in [2.75, 3.05) is 30.0 Å². The molecule has 1 rings (SSSR count). The van der Waals surface area contributed by atoms with E-state index < -0.39 is 0 Å². The van der Waals surface area contributed by atoms with Crippen molar-refractivity contribution in [2.24, 2.45) is 5.10 Å². The summed E-state index contributed by atoms with van der Waals surface area (Å²) in [5, 5.41) is 4.27. The van der Waals surface area contributed by atoms with Gasteiger partial charge in [-0.3, -0.25) is 5.43 Å². The lowest BCUT2D eigenvalue weighted by Crippen LogP contribution is -2.25. The number of ether oxygens (including phenoxy) is 1. The van der Waals surface area contributed by atoms with Gasteiger partial charge < -0.3 is 9.64 Å². The Labute approximate surface area is 171 Å². The number of pyridine rings is 1. The van der Waals surface area contributed by atoms with E-state index in [-0.39, 0.29) is 0 Å². The van der Waals surface area contributed by atoms with Gasteiger partial charge in [0.2, 0.25) is 5.88 Å². The maximum Gasteiger partial charge on any atom is 0.217 e. The molecule has 0 bridgehead atoms. The first-order chi connectivity index (χ1) is 13.5. The fraction of sp³-hybridized carbons (Fsp3) is 0.478. The van der Waals surface area contributed by atoms with Crippen LogP contribution in [0.15, 0.2) is 53.7 Å². The Hall–Kier alpha value is -2.56. The number of nitrogens with zero attached hydrogens (tertiary/aromatic N) is 3. The number of anilines is 2. The van der Waals surface area contributed by atoms with Crippen LogP contribution in [0.2, 0.25) is 0 Å². The van der Waals surface area contributed by atoms with Gasteiger partial charge in [-0.1, -0.05) is 58.6 Å². The van der Waals surface area contributed by atoms with Crippen LogP contribution in [0.3, 0.4) is 0 Å². The van der Waals surface area contributed by atoms with E-state index in [2.05, 4.69) is 47.4 Å². The van der Waals surface area contributed by atoms with Crippen LogP contribution in [0.25, 0.3) is 0 Å². The minimum absolute atomic E-state index is 0.572. The van der Waals surface area contributed by atoms with Gasteiger partial charge in [-0.2, -0.15) is 10.1 Å². The second-order valence-electron chi connectivity index (χ2n) is 6.03. The van der Waals surface area contributed by atoms with Gasteiger partial charge in [0.15, 0.2) is 5.82 Å². The molecule has 0 saturated heterocycles. The lowest BCUT2D eigenvalue weighted by atomic mass is 10.2. The molecule has 1 aromatic rings. The highest BCUT2D eigenvalue weighted by atomic mass is 16.5. The lowest BCUT2D eigenvalue weighted by Gasteiger charge is -2.24. The van der Waals surface area contributed by atoms with Gasteiger partial charge in [0.1, 0.15) is 0 Å². The minimum atomic E-state index is 0.572. The molecule has 0 radical (unpaired) electrons. The summed E-state index contributed by atoms with van der Waals surface area (Å²) in [7, 11) is 0. The van der Waals surface area contributed by atoms with Crippen LogP contribution in [-0.4, -0.2) is 30.9 Å². The van der Waals surface area contributed by atoms with Crippen LogP contribution in [-0.2, 0) is 0 Å². The molecule has 1 heterocycles. The smallest absolute Gasteiger partial charge is 0.217 e. The molecule has 0 atom stereocenters. The van der Waals surface area contributed by atoms with Gasteiger partial charge in [-0.05, 0) is 32.3 Å². The van der Waals surface area contributed by atoms with Crippen LogP contribution in [0.4, 0.5) is 11.5 Å². The third-order valence-electron chi connectivity index (χ3n) is 3.47. The Morgan fingerprint density at radius 3 is 2.36 bits per heavy atom. The minimum Gasteiger partial charge on any atom is -0.478 e. The van der Waals surface area contributed by atoms with E-state index in [4.69, 9.17) is 4.74 Å². The zero-order chi connectivity index (χ0) is 21.4. The summed E-state index contributed by atoms with van der Waals surface area (Å²) >= 11 is 0. The topological polar surface area (TPSA) is 49.8 Å². The molecule has 0 saturated carbocycles. The van der Waals surface area contributed by atoms with Gasteiger partial charge in [0.05, 0.1) is 12.8 Å². The van der Waals surface area contributed by atoms with Crippen molar-refractivity contribution in [3.63, 3.8) is 0 Å². The van der Waals surface area contributed by atoms with Crippen LogP contribution < -0.4 is 15.1 Å². The van der Waals surface area contributed by atoms with E-state index in [1.165, 1.54) is 0 Å². The number of allylic oxidation sites excluding steroid dienone is 4. The van der Waals surface area contributed by atoms with E-state index in [9.17, 15) is 0 Å². The molecule has 0 aliphatic rings. The summed E-state index contributed by atoms with van der Waals surface area (Å²) in [5.41, 5.74) is 5.91. The molecule has 0 amide bonds. The van der Waals surface area contributed by atoms with Gasteiger partial charge in [-0.25, -0.2) is 0 Å². The Bertz CT molecular complexity index is 644.